The van der Waals surface area contributed by atoms with E-state index in [2.05, 4.69) is 6.92 Å². The second-order valence-electron chi connectivity index (χ2n) is 6.39. The average Bonchev–Trinajstić information content (AvgIpc) is 2.56. The Balaban J connectivity index is 1.77. The average molecular weight is 319 g/mol. The molecule has 126 valence electrons. The number of hydrogen-bond donors (Lipinski definition) is 0. The molecule has 0 N–H and O–H groups in total. The molecule has 2 rings (SSSR count). The molecule has 1 aliphatic rings. The maximum absolute atomic E-state index is 12.2. The Kier molecular flexibility index (Phi) is 6.56. The first-order valence-electron chi connectivity index (χ1n) is 8.56. The summed E-state index contributed by atoms with van der Waals surface area (Å²) in [6.45, 7) is 2.21. The summed E-state index contributed by atoms with van der Waals surface area (Å²) in [6.07, 6.45) is 9.09. The van der Waals surface area contributed by atoms with Gasteiger partial charge in [-0.05, 0) is 43.7 Å². The molecule has 0 radical (unpaired) electrons. The lowest BCUT2D eigenvalue weighted by Crippen LogP contribution is -2.25. The van der Waals surface area contributed by atoms with Gasteiger partial charge < -0.3 is 4.74 Å². The molecule has 5 heteroatoms. The normalized spacial score (nSPS) is 20.9. The van der Waals surface area contributed by atoms with Gasteiger partial charge in [0.1, 0.15) is 5.75 Å². The number of nitro benzene ring substituents is 1. The molecule has 1 aromatic carbocycles. The van der Waals surface area contributed by atoms with Crippen molar-refractivity contribution in [2.75, 3.05) is 0 Å². The number of rotatable bonds is 7. The van der Waals surface area contributed by atoms with Crippen LogP contribution >= 0.6 is 0 Å². The highest BCUT2D eigenvalue weighted by atomic mass is 16.6. The number of ether oxygens (including phenoxy) is 1. The van der Waals surface area contributed by atoms with E-state index in [0.717, 1.165) is 31.6 Å². The Morgan fingerprint density at radius 3 is 2.39 bits per heavy atom. The minimum atomic E-state index is -0.467. The first-order valence-corrected chi connectivity index (χ1v) is 8.56. The number of esters is 1. The highest BCUT2D eigenvalue weighted by Gasteiger charge is 2.27. The molecule has 1 aliphatic carbocycles. The molecule has 23 heavy (non-hydrogen) atoms. The number of hydrogen-bond acceptors (Lipinski definition) is 4. The van der Waals surface area contributed by atoms with E-state index in [1.807, 2.05) is 0 Å². The summed E-state index contributed by atoms with van der Waals surface area (Å²) in [4.78, 5) is 22.3. The molecular formula is C18H25NO4. The van der Waals surface area contributed by atoms with Crippen molar-refractivity contribution in [3.63, 3.8) is 0 Å². The van der Waals surface area contributed by atoms with Gasteiger partial charge in [-0.1, -0.05) is 32.6 Å². The molecule has 5 nitrogen and oxygen atoms in total. The van der Waals surface area contributed by atoms with E-state index in [9.17, 15) is 14.9 Å². The van der Waals surface area contributed by atoms with Crippen LogP contribution < -0.4 is 4.74 Å². The van der Waals surface area contributed by atoms with Gasteiger partial charge in [-0.25, -0.2) is 0 Å². The van der Waals surface area contributed by atoms with E-state index >= 15 is 0 Å². The minimum absolute atomic E-state index is 0.00242. The van der Waals surface area contributed by atoms with Crippen molar-refractivity contribution in [1.82, 2.24) is 0 Å². The van der Waals surface area contributed by atoms with E-state index in [4.69, 9.17) is 4.74 Å². The van der Waals surface area contributed by atoms with Gasteiger partial charge in [0.05, 0.1) is 10.8 Å². The van der Waals surface area contributed by atoms with Crippen molar-refractivity contribution in [2.24, 2.45) is 11.8 Å². The van der Waals surface area contributed by atoms with E-state index in [0.29, 0.717) is 5.75 Å². The maximum Gasteiger partial charge on any atom is 0.314 e. The van der Waals surface area contributed by atoms with Crippen molar-refractivity contribution in [3.8, 4) is 5.75 Å². The molecule has 0 bridgehead atoms. The fraction of sp³-hybridized carbons (Fsp3) is 0.611. The highest BCUT2D eigenvalue weighted by molar-refractivity contribution is 5.75. The topological polar surface area (TPSA) is 69.4 Å². The first-order chi connectivity index (χ1) is 11.1. The molecular weight excluding hydrogens is 294 g/mol. The van der Waals surface area contributed by atoms with Crippen LogP contribution in [0.1, 0.15) is 58.3 Å². The summed E-state index contributed by atoms with van der Waals surface area (Å²) >= 11 is 0. The summed E-state index contributed by atoms with van der Waals surface area (Å²) in [5, 5.41) is 10.6. The van der Waals surface area contributed by atoms with Crippen LogP contribution in [0.3, 0.4) is 0 Å². The SMILES string of the molecule is CCCCCC1CCC(C(=O)Oc2ccc([N+](=O)[O-])cc2)CC1. The summed E-state index contributed by atoms with van der Waals surface area (Å²) < 4.78 is 5.36. The van der Waals surface area contributed by atoms with Gasteiger partial charge in [0.2, 0.25) is 0 Å². The minimum Gasteiger partial charge on any atom is -0.426 e. The lowest BCUT2D eigenvalue weighted by Gasteiger charge is -2.27. The number of carbonyl (C=O) groups is 1. The lowest BCUT2D eigenvalue weighted by atomic mass is 9.80. The third-order valence-electron chi connectivity index (χ3n) is 4.66. The summed E-state index contributed by atoms with van der Waals surface area (Å²) in [7, 11) is 0. The summed E-state index contributed by atoms with van der Waals surface area (Å²) in [5.41, 5.74) is -0.00242. The Labute approximate surface area is 137 Å². The van der Waals surface area contributed by atoms with Gasteiger partial charge in [-0.3, -0.25) is 14.9 Å². The van der Waals surface area contributed by atoms with Gasteiger partial charge in [0.25, 0.3) is 5.69 Å². The van der Waals surface area contributed by atoms with Crippen molar-refractivity contribution >= 4 is 11.7 Å². The monoisotopic (exact) mass is 319 g/mol. The summed E-state index contributed by atoms with van der Waals surface area (Å²) in [6, 6.07) is 5.67. The van der Waals surface area contributed by atoms with Crippen molar-refractivity contribution < 1.29 is 14.5 Å². The molecule has 1 fully saturated rings. The molecule has 1 aromatic rings. The second kappa shape index (κ2) is 8.65. The summed E-state index contributed by atoms with van der Waals surface area (Å²) in [5.74, 6) is 0.897. The number of nitrogens with zero attached hydrogens (tertiary/aromatic N) is 1. The molecule has 0 spiro atoms. The van der Waals surface area contributed by atoms with E-state index < -0.39 is 4.92 Å². The van der Waals surface area contributed by atoms with Gasteiger partial charge in [-0.15, -0.1) is 0 Å². The van der Waals surface area contributed by atoms with Crippen LogP contribution in [0.5, 0.6) is 5.75 Å². The quantitative estimate of drug-likeness (QED) is 0.236. The van der Waals surface area contributed by atoms with Crippen LogP contribution in [0.2, 0.25) is 0 Å². The molecule has 0 aliphatic heterocycles. The zero-order chi connectivity index (χ0) is 16.7. The van der Waals surface area contributed by atoms with Crippen molar-refractivity contribution in [2.45, 2.75) is 58.3 Å². The molecule has 0 aromatic heterocycles. The predicted molar refractivity (Wildman–Crippen MR) is 88.3 cm³/mol. The number of unbranched alkanes of at least 4 members (excludes halogenated alkanes) is 2. The van der Waals surface area contributed by atoms with Gasteiger partial charge in [-0.2, -0.15) is 0 Å². The van der Waals surface area contributed by atoms with E-state index in [1.54, 1.807) is 0 Å². The Hall–Kier alpha value is -1.91. The third-order valence-corrected chi connectivity index (χ3v) is 4.66. The predicted octanol–water partition coefficient (Wildman–Crippen LogP) is 4.89. The van der Waals surface area contributed by atoms with Gasteiger partial charge >= 0.3 is 5.97 Å². The first kappa shape index (κ1) is 17.4. The largest absolute Gasteiger partial charge is 0.426 e. The van der Waals surface area contributed by atoms with Crippen LogP contribution in [0.15, 0.2) is 24.3 Å². The third kappa shape index (κ3) is 5.34. The van der Waals surface area contributed by atoms with Crippen molar-refractivity contribution in [1.29, 1.82) is 0 Å². The van der Waals surface area contributed by atoms with E-state index in [-0.39, 0.29) is 17.6 Å². The molecule has 0 unspecified atom stereocenters. The standard InChI is InChI=1S/C18H25NO4/c1-2-3-4-5-14-6-8-15(9-7-14)18(20)23-17-12-10-16(11-13-17)19(21)22/h10-15H,2-9H2,1H3. The van der Waals surface area contributed by atoms with Gasteiger partial charge in [0.15, 0.2) is 0 Å². The van der Waals surface area contributed by atoms with Gasteiger partial charge in [0, 0.05) is 12.1 Å². The molecule has 1 saturated carbocycles. The molecule has 0 saturated heterocycles. The zero-order valence-electron chi connectivity index (χ0n) is 13.7. The van der Waals surface area contributed by atoms with Crippen LogP contribution in [-0.4, -0.2) is 10.9 Å². The Morgan fingerprint density at radius 1 is 1.17 bits per heavy atom. The highest BCUT2D eigenvalue weighted by Crippen LogP contribution is 2.33. The van der Waals surface area contributed by atoms with Crippen LogP contribution in [0.4, 0.5) is 5.69 Å². The maximum atomic E-state index is 12.2. The van der Waals surface area contributed by atoms with Crippen molar-refractivity contribution in [3.05, 3.63) is 34.4 Å². The molecule has 0 amide bonds. The smallest absolute Gasteiger partial charge is 0.314 e. The fourth-order valence-electron chi connectivity index (χ4n) is 3.21. The Morgan fingerprint density at radius 2 is 1.83 bits per heavy atom. The molecule has 0 atom stereocenters. The number of carbonyl (C=O) groups excluding carboxylic acids is 1. The Bertz CT molecular complexity index is 518. The van der Waals surface area contributed by atoms with Crippen LogP contribution in [0.25, 0.3) is 0 Å². The molecule has 0 heterocycles. The number of nitro groups is 1. The van der Waals surface area contributed by atoms with Crippen LogP contribution in [-0.2, 0) is 4.79 Å². The zero-order valence-corrected chi connectivity index (χ0v) is 13.7. The number of non-ortho nitro benzene ring substituents is 1. The lowest BCUT2D eigenvalue weighted by molar-refractivity contribution is -0.384. The van der Waals surface area contributed by atoms with E-state index in [1.165, 1.54) is 49.9 Å². The number of benzene rings is 1. The fourth-order valence-corrected chi connectivity index (χ4v) is 3.21. The van der Waals surface area contributed by atoms with Crippen LogP contribution in [0, 0.1) is 22.0 Å². The second-order valence-corrected chi connectivity index (χ2v) is 6.39.